The molecule has 6 heteroatoms. The highest BCUT2D eigenvalue weighted by atomic mass is 19.1. The highest BCUT2D eigenvalue weighted by Gasteiger charge is 2.13. The molecule has 1 unspecified atom stereocenters. The quantitative estimate of drug-likeness (QED) is 0.735. The van der Waals surface area contributed by atoms with E-state index in [1.54, 1.807) is 0 Å². The number of hydrogen-bond donors (Lipinski definition) is 3. The molecule has 0 aliphatic carbocycles. The van der Waals surface area contributed by atoms with Crippen molar-refractivity contribution in [3.63, 3.8) is 0 Å². The van der Waals surface area contributed by atoms with E-state index < -0.39 is 11.8 Å². The standard InChI is InChI=1S/C13H17FN2O3/c1-8(15)3-2-4-12(17)16-11-7-9(14)5-6-10(11)13(18)19/h5-8H,2-4,15H2,1H3,(H,16,17)(H,18,19). The van der Waals surface area contributed by atoms with Crippen LogP contribution in [0.25, 0.3) is 0 Å². The van der Waals surface area contributed by atoms with Crippen molar-refractivity contribution in [2.24, 2.45) is 5.73 Å². The second-order valence-corrected chi connectivity index (χ2v) is 4.41. The number of amides is 1. The average molecular weight is 268 g/mol. The number of carbonyl (C=O) groups excluding carboxylic acids is 1. The van der Waals surface area contributed by atoms with E-state index in [1.165, 1.54) is 0 Å². The highest BCUT2D eigenvalue weighted by Crippen LogP contribution is 2.18. The number of halogens is 1. The Bertz CT molecular complexity index is 475. The van der Waals surface area contributed by atoms with E-state index in [9.17, 15) is 14.0 Å². The van der Waals surface area contributed by atoms with Crippen LogP contribution in [0, 0.1) is 5.82 Å². The van der Waals surface area contributed by atoms with Crippen LogP contribution in [0.4, 0.5) is 10.1 Å². The van der Waals surface area contributed by atoms with Crippen molar-refractivity contribution in [2.45, 2.75) is 32.2 Å². The second-order valence-electron chi connectivity index (χ2n) is 4.41. The molecule has 5 nitrogen and oxygen atoms in total. The fraction of sp³-hybridized carbons (Fsp3) is 0.385. The molecular weight excluding hydrogens is 251 g/mol. The van der Waals surface area contributed by atoms with E-state index >= 15 is 0 Å². The van der Waals surface area contributed by atoms with Gasteiger partial charge in [0, 0.05) is 12.5 Å². The number of rotatable bonds is 6. The van der Waals surface area contributed by atoms with Crippen molar-refractivity contribution in [3.8, 4) is 0 Å². The number of nitrogens with two attached hydrogens (primary N) is 1. The third-order valence-corrected chi connectivity index (χ3v) is 2.55. The van der Waals surface area contributed by atoms with Gasteiger partial charge < -0.3 is 16.2 Å². The Kier molecular flexibility index (Phi) is 5.44. The van der Waals surface area contributed by atoms with Crippen LogP contribution in [0.15, 0.2) is 18.2 Å². The molecule has 0 aliphatic rings. The smallest absolute Gasteiger partial charge is 0.337 e. The van der Waals surface area contributed by atoms with Gasteiger partial charge in [-0.1, -0.05) is 0 Å². The molecule has 4 N–H and O–H groups in total. The summed E-state index contributed by atoms with van der Waals surface area (Å²) in [6.07, 6.45) is 1.51. The summed E-state index contributed by atoms with van der Waals surface area (Å²) in [7, 11) is 0. The van der Waals surface area contributed by atoms with E-state index in [2.05, 4.69) is 5.32 Å². The van der Waals surface area contributed by atoms with Crippen molar-refractivity contribution in [2.75, 3.05) is 5.32 Å². The molecule has 0 saturated heterocycles. The predicted molar refractivity (Wildman–Crippen MR) is 69.5 cm³/mol. The largest absolute Gasteiger partial charge is 0.478 e. The van der Waals surface area contributed by atoms with Crippen molar-refractivity contribution in [1.82, 2.24) is 0 Å². The van der Waals surface area contributed by atoms with Gasteiger partial charge in [0.05, 0.1) is 11.3 Å². The van der Waals surface area contributed by atoms with Crippen molar-refractivity contribution < 1.29 is 19.1 Å². The Hall–Kier alpha value is -1.95. The first kappa shape index (κ1) is 15.1. The molecule has 0 fully saturated rings. The number of hydrogen-bond acceptors (Lipinski definition) is 3. The molecule has 1 atom stereocenters. The van der Waals surface area contributed by atoms with Gasteiger partial charge in [-0.15, -0.1) is 0 Å². The Balaban J connectivity index is 2.67. The minimum absolute atomic E-state index is 0.0107. The first-order valence-electron chi connectivity index (χ1n) is 5.98. The van der Waals surface area contributed by atoms with Crippen LogP contribution >= 0.6 is 0 Å². The normalized spacial score (nSPS) is 11.9. The zero-order valence-electron chi connectivity index (χ0n) is 10.6. The first-order chi connectivity index (χ1) is 8.90. The molecule has 104 valence electrons. The van der Waals surface area contributed by atoms with Crippen LogP contribution in [-0.4, -0.2) is 23.0 Å². The summed E-state index contributed by atoms with van der Waals surface area (Å²) in [4.78, 5) is 22.5. The third-order valence-electron chi connectivity index (χ3n) is 2.55. The van der Waals surface area contributed by atoms with Crippen LogP contribution in [0.3, 0.4) is 0 Å². The lowest BCUT2D eigenvalue weighted by Gasteiger charge is -2.09. The molecule has 1 aromatic rings. The average Bonchev–Trinajstić information content (AvgIpc) is 2.27. The fourth-order valence-electron chi connectivity index (χ4n) is 1.60. The Morgan fingerprint density at radius 3 is 2.74 bits per heavy atom. The van der Waals surface area contributed by atoms with Crippen LogP contribution in [0.1, 0.15) is 36.5 Å². The van der Waals surface area contributed by atoms with E-state index in [0.717, 1.165) is 18.2 Å². The number of carbonyl (C=O) groups is 2. The summed E-state index contributed by atoms with van der Waals surface area (Å²) in [5, 5.41) is 11.3. The van der Waals surface area contributed by atoms with Gasteiger partial charge in [-0.25, -0.2) is 9.18 Å². The number of benzene rings is 1. The lowest BCUT2D eigenvalue weighted by molar-refractivity contribution is -0.116. The van der Waals surface area contributed by atoms with Gasteiger partial charge in [-0.3, -0.25) is 4.79 Å². The molecule has 19 heavy (non-hydrogen) atoms. The second kappa shape index (κ2) is 6.84. The maximum Gasteiger partial charge on any atom is 0.337 e. The van der Waals surface area contributed by atoms with Gasteiger partial charge >= 0.3 is 5.97 Å². The lowest BCUT2D eigenvalue weighted by atomic mass is 10.1. The van der Waals surface area contributed by atoms with Crippen LogP contribution in [-0.2, 0) is 4.79 Å². The molecule has 0 heterocycles. The Morgan fingerprint density at radius 2 is 2.16 bits per heavy atom. The van der Waals surface area contributed by atoms with E-state index in [1.807, 2.05) is 6.92 Å². The summed E-state index contributed by atoms with van der Waals surface area (Å²) < 4.78 is 13.1. The molecule has 1 amide bonds. The molecule has 0 aromatic heterocycles. The van der Waals surface area contributed by atoms with E-state index in [4.69, 9.17) is 10.8 Å². The SMILES string of the molecule is CC(N)CCCC(=O)Nc1cc(F)ccc1C(=O)O. The van der Waals surface area contributed by atoms with Crippen LogP contribution in [0.5, 0.6) is 0 Å². The summed E-state index contributed by atoms with van der Waals surface area (Å²) in [6, 6.07) is 3.16. The fourth-order valence-corrected chi connectivity index (χ4v) is 1.60. The van der Waals surface area contributed by atoms with Gasteiger partial charge in [0.1, 0.15) is 5.82 Å². The van der Waals surface area contributed by atoms with Crippen molar-refractivity contribution in [1.29, 1.82) is 0 Å². The monoisotopic (exact) mass is 268 g/mol. The topological polar surface area (TPSA) is 92.4 Å². The number of carboxylic acid groups (broad SMARTS) is 1. The number of aromatic carboxylic acids is 1. The summed E-state index contributed by atoms with van der Waals surface area (Å²) >= 11 is 0. The molecule has 0 saturated carbocycles. The van der Waals surface area contributed by atoms with Crippen LogP contribution < -0.4 is 11.1 Å². The molecule has 0 radical (unpaired) electrons. The van der Waals surface area contributed by atoms with Crippen molar-refractivity contribution in [3.05, 3.63) is 29.6 Å². The minimum atomic E-state index is -1.22. The van der Waals surface area contributed by atoms with Gasteiger partial charge in [0.25, 0.3) is 0 Å². The maximum atomic E-state index is 13.1. The number of carboxylic acids is 1. The van der Waals surface area contributed by atoms with Gasteiger partial charge in [-0.2, -0.15) is 0 Å². The predicted octanol–water partition coefficient (Wildman–Crippen LogP) is 1.98. The van der Waals surface area contributed by atoms with E-state index in [0.29, 0.717) is 12.8 Å². The lowest BCUT2D eigenvalue weighted by Crippen LogP contribution is -2.17. The van der Waals surface area contributed by atoms with Crippen LogP contribution in [0.2, 0.25) is 0 Å². The molecule has 0 spiro atoms. The maximum absolute atomic E-state index is 13.1. The number of nitrogens with one attached hydrogen (secondary N) is 1. The summed E-state index contributed by atoms with van der Waals surface area (Å²) in [5.41, 5.74) is 5.39. The van der Waals surface area contributed by atoms with E-state index in [-0.39, 0.29) is 29.6 Å². The Labute approximate surface area is 110 Å². The minimum Gasteiger partial charge on any atom is -0.478 e. The first-order valence-corrected chi connectivity index (χ1v) is 5.98. The van der Waals surface area contributed by atoms with Gasteiger partial charge in [0.15, 0.2) is 0 Å². The number of anilines is 1. The zero-order chi connectivity index (χ0) is 14.4. The summed E-state index contributed by atoms with van der Waals surface area (Å²) in [6.45, 7) is 1.84. The van der Waals surface area contributed by atoms with Gasteiger partial charge in [0.2, 0.25) is 5.91 Å². The highest BCUT2D eigenvalue weighted by molar-refractivity contribution is 6.00. The van der Waals surface area contributed by atoms with Gasteiger partial charge in [-0.05, 0) is 38.0 Å². The molecule has 0 aliphatic heterocycles. The molecule has 1 rings (SSSR count). The molecule has 1 aromatic carbocycles. The Morgan fingerprint density at radius 1 is 1.47 bits per heavy atom. The zero-order valence-corrected chi connectivity index (χ0v) is 10.6. The molecular formula is C13H17FN2O3. The summed E-state index contributed by atoms with van der Waals surface area (Å²) in [5.74, 6) is -2.17. The van der Waals surface area contributed by atoms with Crippen molar-refractivity contribution >= 4 is 17.6 Å². The third kappa shape index (κ3) is 5.05. The molecule has 0 bridgehead atoms.